The van der Waals surface area contributed by atoms with E-state index in [1.165, 1.54) is 96.3 Å². The van der Waals surface area contributed by atoms with Crippen LogP contribution in [0.15, 0.2) is 30.3 Å². The highest BCUT2D eigenvalue weighted by molar-refractivity contribution is 5.30. The topological polar surface area (TPSA) is 0 Å². The first-order valence-corrected chi connectivity index (χ1v) is 11.5. The van der Waals surface area contributed by atoms with Gasteiger partial charge in [-0.25, -0.2) is 0 Å². The monoisotopic (exact) mass is 338 g/mol. The van der Waals surface area contributed by atoms with Crippen LogP contribution >= 0.6 is 0 Å². The molecule has 0 amide bonds. The van der Waals surface area contributed by atoms with E-state index >= 15 is 0 Å². The maximum atomic E-state index is 2.53. The lowest BCUT2D eigenvalue weighted by Crippen LogP contribution is -2.50. The van der Waals surface area contributed by atoms with Crippen molar-refractivity contribution in [1.82, 2.24) is 0 Å². The van der Waals surface area contributed by atoms with Crippen molar-refractivity contribution in [1.29, 1.82) is 0 Å². The molecule has 1 aromatic rings. The summed E-state index contributed by atoms with van der Waals surface area (Å²) < 4.78 is 0. The van der Waals surface area contributed by atoms with Crippen molar-refractivity contribution in [3.63, 3.8) is 0 Å². The molecule has 0 heterocycles. The zero-order chi connectivity index (χ0) is 17.0. The Morgan fingerprint density at radius 2 is 0.840 bits per heavy atom. The lowest BCUT2D eigenvalue weighted by molar-refractivity contribution is 0.0244. The normalized spacial score (nSPS) is 25.1. The van der Waals surface area contributed by atoms with Gasteiger partial charge < -0.3 is 0 Å². The second kappa shape index (κ2) is 8.28. The molecule has 3 aliphatic carbocycles. The minimum Gasteiger partial charge on any atom is -0.0622 e. The van der Waals surface area contributed by atoms with Gasteiger partial charge >= 0.3 is 0 Å². The molecule has 0 heteroatoms. The molecule has 3 saturated carbocycles. The third kappa shape index (κ3) is 3.43. The lowest BCUT2D eigenvalue weighted by Gasteiger charge is -2.55. The first-order chi connectivity index (χ1) is 12.4. The largest absolute Gasteiger partial charge is 0.0622 e. The molecule has 4 rings (SSSR count). The Bertz CT molecular complexity index is 453. The maximum absolute atomic E-state index is 2.53. The number of rotatable bonds is 4. The summed E-state index contributed by atoms with van der Waals surface area (Å²) >= 11 is 0. The molecule has 0 saturated heterocycles. The average Bonchev–Trinajstić information content (AvgIpc) is 2.72. The van der Waals surface area contributed by atoms with E-state index in [1.807, 2.05) is 0 Å². The van der Waals surface area contributed by atoms with Crippen LogP contribution in [-0.2, 0) is 5.41 Å². The van der Waals surface area contributed by atoms with Crippen LogP contribution in [0, 0.1) is 17.8 Å². The van der Waals surface area contributed by atoms with Gasteiger partial charge in [0.2, 0.25) is 0 Å². The molecular formula is C25H38. The summed E-state index contributed by atoms with van der Waals surface area (Å²) in [6.07, 6.45) is 22.4. The van der Waals surface area contributed by atoms with Crippen LogP contribution in [0.2, 0.25) is 0 Å². The Morgan fingerprint density at radius 1 is 0.480 bits per heavy atom. The smallest absolute Gasteiger partial charge is 0.00376 e. The Kier molecular flexibility index (Phi) is 5.83. The van der Waals surface area contributed by atoms with Crippen LogP contribution in [0.4, 0.5) is 0 Å². The van der Waals surface area contributed by atoms with Gasteiger partial charge in [-0.1, -0.05) is 88.1 Å². The summed E-state index contributed by atoms with van der Waals surface area (Å²) in [4.78, 5) is 0. The molecule has 0 nitrogen and oxygen atoms in total. The van der Waals surface area contributed by atoms with Gasteiger partial charge in [0.15, 0.2) is 0 Å². The van der Waals surface area contributed by atoms with Crippen molar-refractivity contribution in [2.45, 2.75) is 102 Å². The Labute approximate surface area is 155 Å². The number of hydrogen-bond donors (Lipinski definition) is 0. The van der Waals surface area contributed by atoms with E-state index in [9.17, 15) is 0 Å². The molecule has 0 bridgehead atoms. The van der Waals surface area contributed by atoms with Crippen molar-refractivity contribution >= 4 is 0 Å². The van der Waals surface area contributed by atoms with Gasteiger partial charge in [0.05, 0.1) is 0 Å². The highest BCUT2D eigenvalue weighted by atomic mass is 14.5. The minimum absolute atomic E-state index is 0.502. The predicted molar refractivity (Wildman–Crippen MR) is 108 cm³/mol. The van der Waals surface area contributed by atoms with Gasteiger partial charge in [-0.05, 0) is 61.8 Å². The Hall–Kier alpha value is -0.780. The van der Waals surface area contributed by atoms with Gasteiger partial charge in [0, 0.05) is 5.41 Å². The van der Waals surface area contributed by atoms with Crippen molar-refractivity contribution in [2.75, 3.05) is 0 Å². The highest BCUT2D eigenvalue weighted by Gasteiger charge is 2.51. The molecule has 0 radical (unpaired) electrons. The first kappa shape index (κ1) is 17.6. The van der Waals surface area contributed by atoms with Gasteiger partial charge in [0.1, 0.15) is 0 Å². The van der Waals surface area contributed by atoms with E-state index in [1.54, 1.807) is 5.56 Å². The summed E-state index contributed by atoms with van der Waals surface area (Å²) in [7, 11) is 0. The molecule has 0 atom stereocenters. The summed E-state index contributed by atoms with van der Waals surface area (Å²) in [5.74, 6) is 2.86. The van der Waals surface area contributed by atoms with Crippen LogP contribution in [0.5, 0.6) is 0 Å². The fourth-order valence-electron chi connectivity index (χ4n) is 7.17. The van der Waals surface area contributed by atoms with E-state index in [-0.39, 0.29) is 0 Å². The molecule has 3 fully saturated rings. The molecule has 0 aromatic heterocycles. The first-order valence-electron chi connectivity index (χ1n) is 11.5. The zero-order valence-corrected chi connectivity index (χ0v) is 16.2. The zero-order valence-electron chi connectivity index (χ0n) is 16.2. The number of hydrogen-bond acceptors (Lipinski definition) is 0. The van der Waals surface area contributed by atoms with Crippen molar-refractivity contribution in [3.05, 3.63) is 35.9 Å². The molecule has 0 spiro atoms. The summed E-state index contributed by atoms with van der Waals surface area (Å²) in [6, 6.07) is 11.9. The van der Waals surface area contributed by atoms with E-state index in [4.69, 9.17) is 0 Å². The quantitative estimate of drug-likeness (QED) is 0.528. The van der Waals surface area contributed by atoms with Gasteiger partial charge in [0.25, 0.3) is 0 Å². The van der Waals surface area contributed by atoms with Crippen LogP contribution in [0.3, 0.4) is 0 Å². The van der Waals surface area contributed by atoms with Crippen LogP contribution < -0.4 is 0 Å². The van der Waals surface area contributed by atoms with Gasteiger partial charge in [-0.3, -0.25) is 0 Å². The molecule has 138 valence electrons. The average molecular weight is 339 g/mol. The molecular weight excluding hydrogens is 300 g/mol. The van der Waals surface area contributed by atoms with E-state index < -0.39 is 0 Å². The van der Waals surface area contributed by atoms with Crippen LogP contribution in [0.25, 0.3) is 0 Å². The second-order valence-electron chi connectivity index (χ2n) is 9.30. The van der Waals surface area contributed by atoms with Gasteiger partial charge in [-0.2, -0.15) is 0 Å². The SMILES string of the molecule is c1ccc(C(C2CCCCC2)(C2CCCCC2)C2CCCCC2)cc1. The van der Waals surface area contributed by atoms with Crippen molar-refractivity contribution in [2.24, 2.45) is 17.8 Å². The van der Waals surface area contributed by atoms with E-state index in [2.05, 4.69) is 30.3 Å². The molecule has 0 N–H and O–H groups in total. The predicted octanol–water partition coefficient (Wildman–Crippen LogP) is 7.67. The van der Waals surface area contributed by atoms with E-state index in [0.29, 0.717) is 5.41 Å². The minimum atomic E-state index is 0.502. The van der Waals surface area contributed by atoms with Crippen molar-refractivity contribution < 1.29 is 0 Å². The summed E-state index contributed by atoms with van der Waals surface area (Å²) in [5, 5.41) is 0. The van der Waals surface area contributed by atoms with E-state index in [0.717, 1.165) is 17.8 Å². The fraction of sp³-hybridized carbons (Fsp3) is 0.760. The third-order valence-electron chi connectivity index (χ3n) is 8.12. The number of benzene rings is 1. The molecule has 1 aromatic carbocycles. The molecule has 25 heavy (non-hydrogen) atoms. The second-order valence-corrected chi connectivity index (χ2v) is 9.30. The highest BCUT2D eigenvalue weighted by Crippen LogP contribution is 2.57. The molecule has 3 aliphatic rings. The molecule has 0 unspecified atom stereocenters. The Balaban J connectivity index is 1.79. The fourth-order valence-corrected chi connectivity index (χ4v) is 7.17. The Morgan fingerprint density at radius 3 is 1.20 bits per heavy atom. The maximum Gasteiger partial charge on any atom is 0.00376 e. The van der Waals surface area contributed by atoms with Crippen LogP contribution in [0.1, 0.15) is 102 Å². The lowest BCUT2D eigenvalue weighted by atomic mass is 9.49. The third-order valence-corrected chi connectivity index (χ3v) is 8.12. The van der Waals surface area contributed by atoms with Crippen molar-refractivity contribution in [3.8, 4) is 0 Å². The van der Waals surface area contributed by atoms with Gasteiger partial charge in [-0.15, -0.1) is 0 Å². The summed E-state index contributed by atoms with van der Waals surface area (Å²) in [6.45, 7) is 0. The summed E-state index contributed by atoms with van der Waals surface area (Å²) in [5.41, 5.74) is 2.24. The van der Waals surface area contributed by atoms with Crippen LogP contribution in [-0.4, -0.2) is 0 Å². The standard InChI is InChI=1S/C25H38/c1-5-13-21(14-6-1)25(22-15-7-2-8-16-22,23-17-9-3-10-18-23)24-19-11-4-12-20-24/h1,5-6,13-14,22-24H,2-4,7-12,15-20H2. The molecule has 0 aliphatic heterocycles.